The molecule has 0 fully saturated rings. The van der Waals surface area contributed by atoms with E-state index < -0.39 is 0 Å². The largest absolute Gasteiger partial charge is 0.456 e. The molecule has 0 radical (unpaired) electrons. The zero-order chi connectivity index (χ0) is 26.1. The summed E-state index contributed by atoms with van der Waals surface area (Å²) in [5, 5.41) is 7.52. The normalized spacial score (nSPS) is 15.0. The van der Waals surface area contributed by atoms with E-state index in [1.54, 1.807) is 0 Å². The minimum absolute atomic E-state index is 0.568. The van der Waals surface area contributed by atoms with Crippen molar-refractivity contribution >= 4 is 49.6 Å². The maximum absolute atomic E-state index is 6.23. The summed E-state index contributed by atoms with van der Waals surface area (Å²) in [6, 6.07) is 37.4. The molecule has 1 heterocycles. The van der Waals surface area contributed by atoms with Crippen LogP contribution in [0, 0.1) is 12.8 Å². The van der Waals surface area contributed by atoms with Crippen molar-refractivity contribution in [2.24, 2.45) is 5.92 Å². The number of rotatable bonds is 2. The number of hydrogen-bond acceptors (Lipinski definition) is 1. The lowest BCUT2D eigenvalue weighted by Crippen LogP contribution is -2.07. The van der Waals surface area contributed by atoms with Gasteiger partial charge < -0.3 is 4.42 Å². The second-order valence-corrected chi connectivity index (χ2v) is 11.0. The lowest BCUT2D eigenvalue weighted by molar-refractivity contribution is 0.669. The van der Waals surface area contributed by atoms with Gasteiger partial charge in [0.05, 0.1) is 0 Å². The molecule has 0 saturated carbocycles. The highest BCUT2D eigenvalue weighted by Gasteiger charge is 2.20. The Morgan fingerprint density at radius 3 is 2.18 bits per heavy atom. The van der Waals surface area contributed by atoms with Crippen LogP contribution >= 0.6 is 0 Å². The molecule has 1 atom stereocenters. The van der Waals surface area contributed by atoms with Crippen LogP contribution in [-0.4, -0.2) is 0 Å². The zero-order valence-electron chi connectivity index (χ0n) is 22.2. The van der Waals surface area contributed by atoms with Crippen molar-refractivity contribution < 1.29 is 4.42 Å². The third-order valence-corrected chi connectivity index (χ3v) is 8.62. The van der Waals surface area contributed by atoms with Crippen molar-refractivity contribution in [2.75, 3.05) is 0 Å². The quantitative estimate of drug-likeness (QED) is 0.230. The highest BCUT2D eigenvalue weighted by Crippen LogP contribution is 2.41. The first kappa shape index (κ1) is 22.4. The predicted octanol–water partition coefficient (Wildman–Crippen LogP) is 10.7. The minimum Gasteiger partial charge on any atom is -0.456 e. The zero-order valence-corrected chi connectivity index (χ0v) is 22.2. The van der Waals surface area contributed by atoms with Crippen molar-refractivity contribution in [2.45, 2.75) is 20.3 Å². The van der Waals surface area contributed by atoms with Crippen molar-refractivity contribution in [3.63, 3.8) is 0 Å². The molecule has 1 nitrogen and oxygen atoms in total. The number of hydrogen-bond donors (Lipinski definition) is 0. The van der Waals surface area contributed by atoms with Crippen LogP contribution in [0.3, 0.4) is 0 Å². The lowest BCUT2D eigenvalue weighted by Gasteiger charge is -2.24. The Labute approximate surface area is 228 Å². The second-order valence-electron chi connectivity index (χ2n) is 11.0. The molecule has 186 valence electrons. The van der Waals surface area contributed by atoms with Gasteiger partial charge in [-0.2, -0.15) is 0 Å². The Balaban J connectivity index is 1.27. The van der Waals surface area contributed by atoms with E-state index in [1.165, 1.54) is 71.3 Å². The molecular formula is C38H28O. The first-order valence-electron chi connectivity index (χ1n) is 13.8. The summed E-state index contributed by atoms with van der Waals surface area (Å²) in [6.45, 7) is 4.62. The molecule has 1 heteroatoms. The van der Waals surface area contributed by atoms with Gasteiger partial charge in [-0.15, -0.1) is 0 Å². The third kappa shape index (κ3) is 3.40. The van der Waals surface area contributed by atoms with E-state index in [9.17, 15) is 0 Å². The average molecular weight is 501 g/mol. The average Bonchev–Trinajstić information content (AvgIpc) is 3.36. The molecular weight excluding hydrogens is 472 g/mol. The molecule has 1 aliphatic carbocycles. The van der Waals surface area contributed by atoms with Crippen LogP contribution in [0.25, 0.3) is 71.8 Å². The van der Waals surface area contributed by atoms with E-state index in [4.69, 9.17) is 4.42 Å². The molecule has 0 amide bonds. The maximum atomic E-state index is 6.23. The van der Waals surface area contributed by atoms with E-state index in [2.05, 4.69) is 129 Å². The molecule has 7 aromatic rings. The first-order valence-corrected chi connectivity index (χ1v) is 13.8. The van der Waals surface area contributed by atoms with Crippen LogP contribution in [-0.2, 0) is 6.42 Å². The summed E-state index contributed by atoms with van der Waals surface area (Å²) in [5.41, 5.74) is 11.2. The SMILES string of the molecule is Cc1c2c(c3ccccc3c1-c1ccc(-c3ccc4oc5ccc6ccccc6c5c4c3)cc1)C=CC(C)C2. The summed E-state index contributed by atoms with van der Waals surface area (Å²) in [7, 11) is 0. The monoisotopic (exact) mass is 500 g/mol. The molecule has 1 unspecified atom stereocenters. The van der Waals surface area contributed by atoms with Crippen LogP contribution in [0.4, 0.5) is 0 Å². The van der Waals surface area contributed by atoms with Crippen LogP contribution in [0.15, 0.2) is 114 Å². The van der Waals surface area contributed by atoms with E-state index in [1.807, 2.05) is 0 Å². The smallest absolute Gasteiger partial charge is 0.136 e. The standard InChI is InChI=1S/C38H28O/c1-23-11-18-31-30-9-5-6-10-32(30)37(24(2)33(31)21-23)27-14-12-25(13-15-27)28-17-19-35-34(22-28)38-29-8-4-3-7-26(29)16-20-36(38)39-35/h3-20,22-23H,21H2,1-2H3. The molecule has 0 aliphatic heterocycles. The topological polar surface area (TPSA) is 13.1 Å². The summed E-state index contributed by atoms with van der Waals surface area (Å²) in [4.78, 5) is 0. The Morgan fingerprint density at radius 1 is 0.641 bits per heavy atom. The first-order chi connectivity index (χ1) is 19.2. The summed E-state index contributed by atoms with van der Waals surface area (Å²) in [6.07, 6.45) is 5.79. The lowest BCUT2D eigenvalue weighted by atomic mass is 9.80. The predicted molar refractivity (Wildman–Crippen MR) is 166 cm³/mol. The van der Waals surface area contributed by atoms with Crippen molar-refractivity contribution in [1.82, 2.24) is 0 Å². The fraction of sp³-hybridized carbons (Fsp3) is 0.105. The van der Waals surface area contributed by atoms with E-state index in [-0.39, 0.29) is 0 Å². The number of benzene rings is 6. The van der Waals surface area contributed by atoms with Crippen LogP contribution in [0.2, 0.25) is 0 Å². The Bertz CT molecular complexity index is 2100. The van der Waals surface area contributed by atoms with E-state index >= 15 is 0 Å². The van der Waals surface area contributed by atoms with Gasteiger partial charge in [0.15, 0.2) is 0 Å². The summed E-state index contributed by atoms with van der Waals surface area (Å²) < 4.78 is 6.23. The van der Waals surface area contributed by atoms with Gasteiger partial charge in [-0.25, -0.2) is 0 Å². The molecule has 0 saturated heterocycles. The molecule has 0 N–H and O–H groups in total. The van der Waals surface area contributed by atoms with Gasteiger partial charge in [0.2, 0.25) is 0 Å². The van der Waals surface area contributed by atoms with Gasteiger partial charge in [0, 0.05) is 10.8 Å². The number of allylic oxidation sites excluding steroid dienone is 1. The van der Waals surface area contributed by atoms with E-state index in [0.29, 0.717) is 5.92 Å². The van der Waals surface area contributed by atoms with Gasteiger partial charge in [-0.3, -0.25) is 0 Å². The Morgan fingerprint density at radius 2 is 1.33 bits per heavy atom. The number of fused-ring (bicyclic) bond motifs is 8. The van der Waals surface area contributed by atoms with Crippen molar-refractivity contribution in [3.8, 4) is 22.3 Å². The molecule has 1 aromatic heterocycles. The Hall–Kier alpha value is -4.62. The van der Waals surface area contributed by atoms with Gasteiger partial charge in [0.25, 0.3) is 0 Å². The molecule has 6 aromatic carbocycles. The van der Waals surface area contributed by atoms with Gasteiger partial charge in [-0.1, -0.05) is 104 Å². The third-order valence-electron chi connectivity index (χ3n) is 8.62. The second kappa shape index (κ2) is 8.44. The minimum atomic E-state index is 0.568. The maximum Gasteiger partial charge on any atom is 0.136 e. The molecule has 39 heavy (non-hydrogen) atoms. The molecule has 0 bridgehead atoms. The fourth-order valence-corrected chi connectivity index (χ4v) is 6.69. The van der Waals surface area contributed by atoms with Crippen LogP contribution in [0.5, 0.6) is 0 Å². The summed E-state index contributed by atoms with van der Waals surface area (Å²) in [5.74, 6) is 0.568. The van der Waals surface area contributed by atoms with Crippen LogP contribution in [0.1, 0.15) is 23.6 Å². The number of furan rings is 1. The fourth-order valence-electron chi connectivity index (χ4n) is 6.69. The van der Waals surface area contributed by atoms with Gasteiger partial charge >= 0.3 is 0 Å². The Kier molecular flexibility index (Phi) is 4.84. The highest BCUT2D eigenvalue weighted by molar-refractivity contribution is 6.19. The van der Waals surface area contributed by atoms with Gasteiger partial charge in [0.1, 0.15) is 11.2 Å². The van der Waals surface area contributed by atoms with Crippen molar-refractivity contribution in [1.29, 1.82) is 0 Å². The highest BCUT2D eigenvalue weighted by atomic mass is 16.3. The summed E-state index contributed by atoms with van der Waals surface area (Å²) >= 11 is 0. The molecule has 1 aliphatic rings. The molecule has 8 rings (SSSR count). The van der Waals surface area contributed by atoms with E-state index in [0.717, 1.165) is 17.6 Å². The molecule has 0 spiro atoms. The van der Waals surface area contributed by atoms with Gasteiger partial charge in [-0.05, 0) is 98.0 Å². The van der Waals surface area contributed by atoms with Crippen molar-refractivity contribution in [3.05, 3.63) is 126 Å². The van der Waals surface area contributed by atoms with Crippen LogP contribution < -0.4 is 0 Å².